The minimum atomic E-state index is 0.0904. The topological polar surface area (TPSA) is 12.0 Å². The van der Waals surface area contributed by atoms with E-state index in [1.54, 1.807) is 5.57 Å². The SMILES string of the molecule is CC(C)(C)NC(C1=C(C(C)(C)C)C=CC1)c1ccccc1[SiH3]. The molecule has 1 aliphatic carbocycles. The fourth-order valence-corrected chi connectivity index (χ4v) is 3.87. The van der Waals surface area contributed by atoms with E-state index in [0.717, 1.165) is 16.7 Å². The predicted octanol–water partition coefficient (Wildman–Crippen LogP) is 3.41. The quantitative estimate of drug-likeness (QED) is 0.843. The summed E-state index contributed by atoms with van der Waals surface area (Å²) < 4.78 is 0. The highest BCUT2D eigenvalue weighted by atomic mass is 28.1. The highest BCUT2D eigenvalue weighted by Gasteiger charge is 2.30. The number of nitrogens with one attached hydrogen (secondary N) is 1. The highest BCUT2D eigenvalue weighted by molar-refractivity contribution is 6.33. The molecule has 0 saturated heterocycles. The molecule has 0 amide bonds. The van der Waals surface area contributed by atoms with E-state index in [9.17, 15) is 0 Å². The summed E-state index contributed by atoms with van der Waals surface area (Å²) in [6, 6.07) is 9.23. The van der Waals surface area contributed by atoms with E-state index in [1.165, 1.54) is 16.3 Å². The molecule has 0 radical (unpaired) electrons. The van der Waals surface area contributed by atoms with E-state index in [4.69, 9.17) is 0 Å². The second kappa shape index (κ2) is 6.17. The first-order valence-corrected chi connectivity index (χ1v) is 9.33. The lowest BCUT2D eigenvalue weighted by atomic mass is 9.81. The maximum Gasteiger partial charge on any atom is 0.0547 e. The first kappa shape index (κ1) is 17.2. The van der Waals surface area contributed by atoms with Crippen molar-refractivity contribution in [2.75, 3.05) is 0 Å². The maximum absolute atomic E-state index is 3.88. The van der Waals surface area contributed by atoms with E-state index >= 15 is 0 Å². The van der Waals surface area contributed by atoms with Gasteiger partial charge in [0.15, 0.2) is 0 Å². The summed E-state index contributed by atoms with van der Waals surface area (Å²) in [7, 11) is 1.09. The summed E-state index contributed by atoms with van der Waals surface area (Å²) in [5.74, 6) is 0. The fraction of sp³-hybridized carbons (Fsp3) is 0.500. The Bertz CT molecular complexity index is 597. The van der Waals surface area contributed by atoms with Crippen molar-refractivity contribution in [3.63, 3.8) is 0 Å². The van der Waals surface area contributed by atoms with Crippen LogP contribution >= 0.6 is 0 Å². The molecule has 1 atom stereocenters. The van der Waals surface area contributed by atoms with Gasteiger partial charge in [-0.15, -0.1) is 0 Å². The van der Waals surface area contributed by atoms with Crippen molar-refractivity contribution in [2.24, 2.45) is 5.41 Å². The minimum Gasteiger partial charge on any atom is -0.302 e. The Labute approximate surface area is 139 Å². The van der Waals surface area contributed by atoms with Gasteiger partial charge >= 0.3 is 0 Å². The summed E-state index contributed by atoms with van der Waals surface area (Å²) >= 11 is 0. The van der Waals surface area contributed by atoms with Crippen LogP contribution in [0.2, 0.25) is 0 Å². The van der Waals surface area contributed by atoms with Gasteiger partial charge in [-0.3, -0.25) is 0 Å². The van der Waals surface area contributed by atoms with Crippen molar-refractivity contribution in [1.82, 2.24) is 5.32 Å². The van der Waals surface area contributed by atoms with E-state index in [0.29, 0.717) is 6.04 Å². The number of hydrogen-bond donors (Lipinski definition) is 1. The Morgan fingerprint density at radius 3 is 2.23 bits per heavy atom. The van der Waals surface area contributed by atoms with Crippen LogP contribution in [0.4, 0.5) is 0 Å². The third-order valence-corrected chi connectivity index (χ3v) is 5.11. The van der Waals surface area contributed by atoms with E-state index in [-0.39, 0.29) is 11.0 Å². The summed E-state index contributed by atoms with van der Waals surface area (Å²) in [6.45, 7) is 13.7. The number of allylic oxidation sites excluding steroid dienone is 3. The third-order valence-electron chi connectivity index (χ3n) is 4.20. The molecule has 0 aromatic heterocycles. The molecule has 1 aromatic carbocycles. The number of benzene rings is 1. The number of rotatable bonds is 3. The molecule has 0 spiro atoms. The minimum absolute atomic E-state index is 0.0904. The van der Waals surface area contributed by atoms with Gasteiger partial charge in [0.2, 0.25) is 0 Å². The molecule has 22 heavy (non-hydrogen) atoms. The summed E-state index contributed by atoms with van der Waals surface area (Å²) in [5.41, 5.74) is 4.79. The van der Waals surface area contributed by atoms with Gasteiger partial charge in [-0.25, -0.2) is 0 Å². The molecule has 0 saturated carbocycles. The van der Waals surface area contributed by atoms with Gasteiger partial charge in [-0.1, -0.05) is 62.4 Å². The molecular weight excluding hydrogens is 282 g/mol. The molecule has 1 unspecified atom stereocenters. The monoisotopic (exact) mass is 313 g/mol. The fourth-order valence-electron chi connectivity index (χ4n) is 3.22. The van der Waals surface area contributed by atoms with Crippen molar-refractivity contribution in [3.8, 4) is 0 Å². The van der Waals surface area contributed by atoms with E-state index < -0.39 is 0 Å². The van der Waals surface area contributed by atoms with Crippen LogP contribution in [0.15, 0.2) is 47.6 Å². The van der Waals surface area contributed by atoms with Gasteiger partial charge in [0.05, 0.1) is 6.04 Å². The zero-order chi connectivity index (χ0) is 16.5. The molecule has 1 aliphatic rings. The molecule has 0 heterocycles. The Morgan fingerprint density at radius 1 is 1.05 bits per heavy atom. The zero-order valence-electron chi connectivity index (χ0n) is 15.2. The van der Waals surface area contributed by atoms with Gasteiger partial charge in [0.25, 0.3) is 0 Å². The molecule has 1 N–H and O–H groups in total. The lowest BCUT2D eigenvalue weighted by molar-refractivity contribution is 0.381. The van der Waals surface area contributed by atoms with Gasteiger partial charge in [-0.05, 0) is 49.3 Å². The highest BCUT2D eigenvalue weighted by Crippen LogP contribution is 2.40. The van der Waals surface area contributed by atoms with Crippen molar-refractivity contribution < 1.29 is 0 Å². The Hall–Kier alpha value is -1.12. The Kier molecular flexibility index (Phi) is 4.83. The first-order chi connectivity index (χ1) is 10.1. The van der Waals surface area contributed by atoms with Crippen LogP contribution in [0.25, 0.3) is 0 Å². The van der Waals surface area contributed by atoms with E-state index in [2.05, 4.69) is 83.3 Å². The summed E-state index contributed by atoms with van der Waals surface area (Å²) in [4.78, 5) is 0. The van der Waals surface area contributed by atoms with Crippen LogP contribution in [0.1, 0.15) is 59.6 Å². The second-order valence-corrected chi connectivity index (χ2v) is 9.56. The second-order valence-electron chi connectivity index (χ2n) is 8.48. The van der Waals surface area contributed by atoms with Crippen LogP contribution in [0, 0.1) is 5.41 Å². The van der Waals surface area contributed by atoms with Gasteiger partial charge in [0.1, 0.15) is 0 Å². The standard InChI is InChI=1S/C20H31NSi/c1-19(2,3)16-12-9-11-14(16)18(21-20(4,5)6)15-10-7-8-13-17(15)22/h7-10,12-13,18,21H,11H2,1-6,22H3. The van der Waals surface area contributed by atoms with Crippen LogP contribution in [0.5, 0.6) is 0 Å². The van der Waals surface area contributed by atoms with Crippen LogP contribution in [-0.2, 0) is 0 Å². The van der Waals surface area contributed by atoms with Crippen molar-refractivity contribution in [1.29, 1.82) is 0 Å². The van der Waals surface area contributed by atoms with Gasteiger partial charge in [0, 0.05) is 15.8 Å². The van der Waals surface area contributed by atoms with Gasteiger partial charge < -0.3 is 5.32 Å². The Morgan fingerprint density at radius 2 is 1.68 bits per heavy atom. The number of hydrogen-bond acceptors (Lipinski definition) is 1. The van der Waals surface area contributed by atoms with Crippen molar-refractivity contribution in [2.45, 2.75) is 59.5 Å². The zero-order valence-corrected chi connectivity index (χ0v) is 17.2. The molecular formula is C20H31NSi. The molecule has 2 heteroatoms. The van der Waals surface area contributed by atoms with Crippen molar-refractivity contribution in [3.05, 3.63) is 53.1 Å². The summed E-state index contributed by atoms with van der Waals surface area (Å²) in [5, 5.41) is 5.38. The van der Waals surface area contributed by atoms with Crippen LogP contribution in [-0.4, -0.2) is 15.8 Å². The van der Waals surface area contributed by atoms with Crippen molar-refractivity contribution >= 4 is 15.4 Å². The predicted molar refractivity (Wildman–Crippen MR) is 102 cm³/mol. The molecule has 2 rings (SSSR count). The third kappa shape index (κ3) is 3.99. The largest absolute Gasteiger partial charge is 0.302 e. The molecule has 0 aliphatic heterocycles. The molecule has 0 bridgehead atoms. The smallest absolute Gasteiger partial charge is 0.0547 e. The van der Waals surface area contributed by atoms with E-state index in [1.807, 2.05) is 0 Å². The lowest BCUT2D eigenvalue weighted by Gasteiger charge is -2.34. The summed E-state index contributed by atoms with van der Waals surface area (Å²) in [6.07, 6.45) is 5.72. The average molecular weight is 314 g/mol. The maximum atomic E-state index is 3.88. The first-order valence-electron chi connectivity index (χ1n) is 8.33. The van der Waals surface area contributed by atoms with Gasteiger partial charge in [-0.2, -0.15) is 0 Å². The van der Waals surface area contributed by atoms with Crippen LogP contribution < -0.4 is 10.5 Å². The Balaban J connectivity index is 2.53. The molecule has 0 fully saturated rings. The van der Waals surface area contributed by atoms with Crippen LogP contribution in [0.3, 0.4) is 0 Å². The molecule has 1 aromatic rings. The average Bonchev–Trinajstić information content (AvgIpc) is 2.84. The molecule has 1 nitrogen and oxygen atoms in total. The normalized spacial score (nSPS) is 17.4. The lowest BCUT2D eigenvalue weighted by Crippen LogP contribution is -2.41. The molecule has 120 valence electrons.